The molecule has 0 atom stereocenters. The smallest absolute Gasteiger partial charge is 0.161 e. The Hall–Kier alpha value is -3.12. The third-order valence-electron chi connectivity index (χ3n) is 7.05. The number of phenols is 1. The molecular formula is C26H29N3O3. The fourth-order valence-corrected chi connectivity index (χ4v) is 4.82. The Kier molecular flexibility index (Phi) is 5.25. The van der Waals surface area contributed by atoms with Gasteiger partial charge in [-0.15, -0.1) is 0 Å². The number of aromatic hydroxyl groups is 1. The van der Waals surface area contributed by atoms with Gasteiger partial charge in [0.1, 0.15) is 6.29 Å². The number of anilines is 1. The molecule has 6 heteroatoms. The summed E-state index contributed by atoms with van der Waals surface area (Å²) in [5.74, 6) is 0.546. The van der Waals surface area contributed by atoms with Crippen LogP contribution in [0.25, 0.3) is 22.0 Å². The quantitative estimate of drug-likeness (QED) is 0.496. The van der Waals surface area contributed by atoms with E-state index in [0.29, 0.717) is 11.8 Å². The molecule has 0 bridgehead atoms. The second kappa shape index (κ2) is 8.10. The van der Waals surface area contributed by atoms with Gasteiger partial charge in [-0.25, -0.2) is 0 Å². The average Bonchev–Trinajstić information content (AvgIpc) is 3.62. The third kappa shape index (κ3) is 3.69. The van der Waals surface area contributed by atoms with Crippen molar-refractivity contribution in [2.45, 2.75) is 56.0 Å². The van der Waals surface area contributed by atoms with E-state index in [-0.39, 0.29) is 11.8 Å². The summed E-state index contributed by atoms with van der Waals surface area (Å²) >= 11 is 0. The molecule has 3 aromatic rings. The minimum absolute atomic E-state index is 0.112. The molecule has 1 heterocycles. The van der Waals surface area contributed by atoms with Crippen molar-refractivity contribution in [2.24, 2.45) is 5.73 Å². The molecule has 5 rings (SSSR count). The summed E-state index contributed by atoms with van der Waals surface area (Å²) in [6, 6.07) is 12.1. The van der Waals surface area contributed by atoms with E-state index in [2.05, 4.69) is 11.4 Å². The number of pyridine rings is 1. The van der Waals surface area contributed by atoms with E-state index in [1.165, 1.54) is 0 Å². The number of ether oxygens (including phenoxy) is 1. The number of benzene rings is 2. The van der Waals surface area contributed by atoms with Crippen LogP contribution in [0.2, 0.25) is 0 Å². The summed E-state index contributed by atoms with van der Waals surface area (Å²) in [7, 11) is 1.54. The Morgan fingerprint density at radius 3 is 2.53 bits per heavy atom. The van der Waals surface area contributed by atoms with Crippen LogP contribution in [0, 0.1) is 0 Å². The Morgan fingerprint density at radius 2 is 1.84 bits per heavy atom. The molecule has 2 aliphatic carbocycles. The van der Waals surface area contributed by atoms with Crippen LogP contribution in [-0.4, -0.2) is 35.6 Å². The van der Waals surface area contributed by atoms with Crippen molar-refractivity contribution in [3.63, 3.8) is 0 Å². The van der Waals surface area contributed by atoms with E-state index in [4.69, 9.17) is 15.5 Å². The van der Waals surface area contributed by atoms with Crippen LogP contribution in [0.5, 0.6) is 11.5 Å². The number of fused-ring (bicyclic) bond motifs is 1. The van der Waals surface area contributed by atoms with Gasteiger partial charge >= 0.3 is 0 Å². The Morgan fingerprint density at radius 1 is 1.12 bits per heavy atom. The number of methoxy groups -OCH3 is 1. The number of nitrogens with zero attached hydrogens (tertiary/aromatic N) is 1. The molecule has 0 saturated heterocycles. The van der Waals surface area contributed by atoms with E-state index < -0.39 is 5.41 Å². The normalized spacial score (nSPS) is 21.8. The molecule has 4 N–H and O–H groups in total. The summed E-state index contributed by atoms with van der Waals surface area (Å²) in [6.45, 7) is 0. The molecule has 0 spiro atoms. The molecular weight excluding hydrogens is 402 g/mol. The highest BCUT2D eigenvalue weighted by Gasteiger charge is 2.46. The van der Waals surface area contributed by atoms with Gasteiger partial charge < -0.3 is 25.7 Å². The second-order valence-corrected chi connectivity index (χ2v) is 9.20. The van der Waals surface area contributed by atoms with Gasteiger partial charge in [0.2, 0.25) is 0 Å². The number of phenolic OH excluding ortho intramolecular Hbond substituents is 1. The number of nitrogens with one attached hydrogen (secondary N) is 1. The molecule has 166 valence electrons. The van der Waals surface area contributed by atoms with Gasteiger partial charge in [-0.3, -0.25) is 4.98 Å². The van der Waals surface area contributed by atoms with Crippen LogP contribution in [-0.2, 0) is 10.2 Å². The highest BCUT2D eigenvalue weighted by molar-refractivity contribution is 5.98. The van der Waals surface area contributed by atoms with E-state index in [9.17, 15) is 9.90 Å². The molecule has 2 aliphatic rings. The molecule has 2 aromatic carbocycles. The Balaban J connectivity index is 1.62. The van der Waals surface area contributed by atoms with Gasteiger partial charge in [0.15, 0.2) is 11.5 Å². The Bertz CT molecular complexity index is 1160. The second-order valence-electron chi connectivity index (χ2n) is 9.20. The fraction of sp³-hybridized carbons (Fsp3) is 0.385. The zero-order chi connectivity index (χ0) is 22.3. The number of nitrogens with two attached hydrogens (primary N) is 1. The molecule has 1 aromatic heterocycles. The maximum atomic E-state index is 12.0. The van der Waals surface area contributed by atoms with Gasteiger partial charge in [-0.05, 0) is 73.9 Å². The van der Waals surface area contributed by atoms with Crippen LogP contribution in [0.3, 0.4) is 0 Å². The summed E-state index contributed by atoms with van der Waals surface area (Å²) < 4.78 is 5.29. The van der Waals surface area contributed by atoms with Crippen LogP contribution < -0.4 is 15.8 Å². The Labute approximate surface area is 187 Å². The predicted octanol–water partition coefficient (Wildman–Crippen LogP) is 4.53. The van der Waals surface area contributed by atoms with Crippen LogP contribution in [0.4, 0.5) is 5.69 Å². The first-order valence-electron chi connectivity index (χ1n) is 11.3. The molecule has 0 unspecified atom stereocenters. The van der Waals surface area contributed by atoms with E-state index in [0.717, 1.165) is 78.1 Å². The number of aromatic nitrogens is 1. The topological polar surface area (TPSA) is 97.5 Å². The zero-order valence-electron chi connectivity index (χ0n) is 18.3. The van der Waals surface area contributed by atoms with Crippen molar-refractivity contribution in [3.05, 3.63) is 48.2 Å². The van der Waals surface area contributed by atoms with Crippen molar-refractivity contribution in [2.75, 3.05) is 12.4 Å². The summed E-state index contributed by atoms with van der Waals surface area (Å²) in [5.41, 5.74) is 10.5. The first kappa shape index (κ1) is 20.8. The lowest BCUT2D eigenvalue weighted by molar-refractivity contribution is -0.109. The zero-order valence-corrected chi connectivity index (χ0v) is 18.3. The number of hydrogen-bond donors (Lipinski definition) is 3. The van der Waals surface area contributed by atoms with Gasteiger partial charge in [0.05, 0.1) is 18.0 Å². The molecule has 2 saturated carbocycles. The predicted molar refractivity (Wildman–Crippen MR) is 126 cm³/mol. The maximum Gasteiger partial charge on any atom is 0.161 e. The highest BCUT2D eigenvalue weighted by Crippen LogP contribution is 2.50. The van der Waals surface area contributed by atoms with Crippen molar-refractivity contribution in [1.29, 1.82) is 0 Å². The van der Waals surface area contributed by atoms with Crippen molar-refractivity contribution in [1.82, 2.24) is 4.98 Å². The van der Waals surface area contributed by atoms with E-state index in [1.807, 2.05) is 30.5 Å². The van der Waals surface area contributed by atoms with Gasteiger partial charge in [0, 0.05) is 34.9 Å². The number of aldehydes is 1. The maximum absolute atomic E-state index is 12.0. The lowest BCUT2D eigenvalue weighted by atomic mass is 9.89. The van der Waals surface area contributed by atoms with Crippen LogP contribution in [0.1, 0.15) is 44.1 Å². The highest BCUT2D eigenvalue weighted by atomic mass is 16.5. The minimum Gasteiger partial charge on any atom is -0.504 e. The summed E-state index contributed by atoms with van der Waals surface area (Å²) in [5, 5.41) is 14.8. The largest absolute Gasteiger partial charge is 0.504 e. The van der Waals surface area contributed by atoms with E-state index >= 15 is 0 Å². The molecule has 32 heavy (non-hydrogen) atoms. The van der Waals surface area contributed by atoms with Crippen molar-refractivity contribution < 1.29 is 14.6 Å². The fourth-order valence-electron chi connectivity index (χ4n) is 4.82. The standard InChI is InChI=1S/C26H29N3O3/c1-32-24-13-17(3-9-23(24)31)16-2-8-22-20(12-16)25(29-19-6-4-18(27)5-7-19)21(14-28-22)26(15-30)10-11-26/h2-3,8-9,12-15,18-19,31H,4-7,10-11,27H2,1H3,(H,28,29)/t18-,19-. The van der Waals surface area contributed by atoms with Crippen LogP contribution >= 0.6 is 0 Å². The molecule has 0 amide bonds. The first-order valence-corrected chi connectivity index (χ1v) is 11.3. The molecule has 0 radical (unpaired) electrons. The molecule has 0 aliphatic heterocycles. The number of carbonyl (C=O) groups is 1. The van der Waals surface area contributed by atoms with E-state index in [1.54, 1.807) is 13.2 Å². The van der Waals surface area contributed by atoms with Gasteiger partial charge in [-0.1, -0.05) is 12.1 Å². The van der Waals surface area contributed by atoms with Crippen molar-refractivity contribution in [3.8, 4) is 22.6 Å². The average molecular weight is 432 g/mol. The molecule has 6 nitrogen and oxygen atoms in total. The van der Waals surface area contributed by atoms with Gasteiger partial charge in [0.25, 0.3) is 0 Å². The monoisotopic (exact) mass is 431 g/mol. The number of hydrogen-bond acceptors (Lipinski definition) is 6. The number of carbonyl (C=O) groups excluding carboxylic acids is 1. The summed E-state index contributed by atoms with van der Waals surface area (Å²) in [4.78, 5) is 16.7. The molecule has 2 fully saturated rings. The third-order valence-corrected chi connectivity index (χ3v) is 7.05. The lowest BCUT2D eigenvalue weighted by Crippen LogP contribution is -2.33. The van der Waals surface area contributed by atoms with Crippen molar-refractivity contribution >= 4 is 22.9 Å². The summed E-state index contributed by atoms with van der Waals surface area (Å²) in [6.07, 6.45) is 8.75. The van der Waals surface area contributed by atoms with Crippen LogP contribution in [0.15, 0.2) is 42.6 Å². The SMILES string of the molecule is COc1cc(-c2ccc3ncc(C4(C=O)CC4)c(N[C@H]4CC[C@H](N)CC4)c3c2)ccc1O. The lowest BCUT2D eigenvalue weighted by Gasteiger charge is -2.29. The number of rotatable bonds is 6. The first-order chi connectivity index (χ1) is 15.5. The minimum atomic E-state index is -0.424. The van der Waals surface area contributed by atoms with Gasteiger partial charge in [-0.2, -0.15) is 0 Å².